The molecule has 3 aromatic carbocycles. The lowest BCUT2D eigenvalue weighted by molar-refractivity contribution is 0.193. The van der Waals surface area contributed by atoms with Crippen molar-refractivity contribution in [2.24, 2.45) is 0 Å². The highest BCUT2D eigenvalue weighted by Gasteiger charge is 2.30. The smallest absolute Gasteiger partial charge is 0.321 e. The summed E-state index contributed by atoms with van der Waals surface area (Å²) in [6.45, 7) is 0.916. The van der Waals surface area contributed by atoms with Gasteiger partial charge in [-0.3, -0.25) is 0 Å². The Kier molecular flexibility index (Phi) is 6.99. The molecule has 0 saturated carbocycles. The van der Waals surface area contributed by atoms with Crippen LogP contribution < -0.4 is 15.0 Å². The fourth-order valence-corrected chi connectivity index (χ4v) is 4.17. The summed E-state index contributed by atoms with van der Waals surface area (Å²) >= 11 is 6.04. The molecule has 1 atom stereocenters. The van der Waals surface area contributed by atoms with Crippen LogP contribution in [-0.2, 0) is 0 Å². The molecule has 1 aliphatic rings. The summed E-state index contributed by atoms with van der Waals surface area (Å²) in [4.78, 5) is 16.4. The lowest BCUT2D eigenvalue weighted by Gasteiger charge is -2.40. The topological polar surface area (TPSA) is 44.8 Å². The van der Waals surface area contributed by atoms with Crippen molar-refractivity contribution in [3.63, 3.8) is 0 Å². The highest BCUT2D eigenvalue weighted by Crippen LogP contribution is 2.34. The highest BCUT2D eigenvalue weighted by atomic mass is 35.5. The van der Waals surface area contributed by atoms with E-state index in [9.17, 15) is 13.6 Å². The molecule has 3 aromatic rings. The van der Waals surface area contributed by atoms with Crippen molar-refractivity contribution >= 4 is 34.7 Å². The van der Waals surface area contributed by atoms with E-state index in [2.05, 4.69) is 5.32 Å². The predicted molar refractivity (Wildman–Crippen MR) is 127 cm³/mol. The molecule has 172 valence electrons. The molecular weight excluding hydrogens is 448 g/mol. The van der Waals surface area contributed by atoms with Gasteiger partial charge < -0.3 is 19.9 Å². The van der Waals surface area contributed by atoms with E-state index >= 15 is 0 Å². The molecule has 0 spiro atoms. The number of benzene rings is 3. The number of anilines is 3. The first-order chi connectivity index (χ1) is 15.9. The van der Waals surface area contributed by atoms with Crippen molar-refractivity contribution in [1.29, 1.82) is 0 Å². The van der Waals surface area contributed by atoms with Gasteiger partial charge in [-0.25, -0.2) is 13.6 Å². The van der Waals surface area contributed by atoms with E-state index in [1.54, 1.807) is 65.4 Å². The van der Waals surface area contributed by atoms with E-state index in [4.69, 9.17) is 16.3 Å². The Bertz CT molecular complexity index is 1110. The number of piperidine rings is 1. The van der Waals surface area contributed by atoms with Crippen LogP contribution in [-0.4, -0.2) is 37.2 Å². The Labute approximate surface area is 196 Å². The van der Waals surface area contributed by atoms with Crippen LogP contribution in [0.2, 0.25) is 5.02 Å². The molecule has 1 saturated heterocycles. The summed E-state index contributed by atoms with van der Waals surface area (Å²) in [6, 6.07) is 16.9. The maximum absolute atomic E-state index is 14.8. The number of carbonyl (C=O) groups is 1. The van der Waals surface area contributed by atoms with Gasteiger partial charge >= 0.3 is 6.03 Å². The third-order valence-corrected chi connectivity index (χ3v) is 5.91. The second kappa shape index (κ2) is 10.1. The van der Waals surface area contributed by atoms with Gasteiger partial charge in [-0.05, 0) is 73.5 Å². The lowest BCUT2D eigenvalue weighted by Crippen LogP contribution is -2.50. The summed E-state index contributed by atoms with van der Waals surface area (Å²) in [6.07, 6.45) is 1.44. The largest absolute Gasteiger partial charge is 0.497 e. The molecule has 0 aromatic heterocycles. The van der Waals surface area contributed by atoms with Gasteiger partial charge in [0.1, 0.15) is 17.4 Å². The van der Waals surface area contributed by atoms with Crippen LogP contribution in [0, 0.1) is 11.6 Å². The predicted octanol–water partition coefficient (Wildman–Crippen LogP) is 6.46. The molecule has 5 nitrogen and oxygen atoms in total. The highest BCUT2D eigenvalue weighted by molar-refractivity contribution is 6.30. The summed E-state index contributed by atoms with van der Waals surface area (Å²) in [5.41, 5.74) is 1.44. The number of hydrogen-bond donors (Lipinski definition) is 1. The number of rotatable bonds is 5. The third-order valence-electron chi connectivity index (χ3n) is 5.66. The van der Waals surface area contributed by atoms with E-state index in [0.29, 0.717) is 41.7 Å². The van der Waals surface area contributed by atoms with Gasteiger partial charge in [0.15, 0.2) is 0 Å². The van der Waals surface area contributed by atoms with Gasteiger partial charge in [0, 0.05) is 35.6 Å². The zero-order valence-electron chi connectivity index (χ0n) is 18.1. The van der Waals surface area contributed by atoms with Gasteiger partial charge in [-0.15, -0.1) is 0 Å². The Morgan fingerprint density at radius 2 is 1.82 bits per heavy atom. The van der Waals surface area contributed by atoms with Crippen molar-refractivity contribution in [3.8, 4) is 5.75 Å². The Morgan fingerprint density at radius 3 is 2.52 bits per heavy atom. The van der Waals surface area contributed by atoms with Crippen LogP contribution >= 0.6 is 11.6 Å². The number of nitrogens with zero attached hydrogens (tertiary/aromatic N) is 2. The van der Waals surface area contributed by atoms with Crippen LogP contribution in [0.3, 0.4) is 0 Å². The van der Waals surface area contributed by atoms with Gasteiger partial charge in [0.25, 0.3) is 0 Å². The summed E-state index contributed by atoms with van der Waals surface area (Å²) in [7, 11) is 1.58. The van der Waals surface area contributed by atoms with Crippen LogP contribution in [0.5, 0.6) is 5.75 Å². The standard InChI is InChI=1S/C25H24ClF2N3O2/c1-33-22-11-7-19(8-12-22)29-25(32)30-14-2-3-21(16-30)31(20-9-4-17(26)5-10-20)24-15-18(27)6-13-23(24)28/h4-13,15,21H,2-3,14,16H2,1H3,(H,29,32). The normalized spacial score (nSPS) is 15.8. The maximum atomic E-state index is 14.8. The average molecular weight is 472 g/mol. The molecule has 1 unspecified atom stereocenters. The zero-order chi connectivity index (χ0) is 23.4. The fraction of sp³-hybridized carbons (Fsp3) is 0.240. The number of carbonyl (C=O) groups excluding carboxylic acids is 1. The monoisotopic (exact) mass is 471 g/mol. The average Bonchev–Trinajstić information content (AvgIpc) is 2.83. The number of urea groups is 1. The van der Waals surface area contributed by atoms with Gasteiger partial charge in [-0.2, -0.15) is 0 Å². The number of hydrogen-bond acceptors (Lipinski definition) is 3. The van der Waals surface area contributed by atoms with E-state index in [1.807, 2.05) is 0 Å². The first kappa shape index (κ1) is 22.9. The molecule has 33 heavy (non-hydrogen) atoms. The quantitative estimate of drug-likeness (QED) is 0.464. The second-order valence-corrected chi connectivity index (χ2v) is 8.28. The van der Waals surface area contributed by atoms with Crippen LogP contribution in [0.15, 0.2) is 66.7 Å². The molecule has 1 heterocycles. The molecule has 0 radical (unpaired) electrons. The molecular formula is C25H24ClF2N3O2. The number of amides is 2. The van der Waals surface area contributed by atoms with Crippen molar-refractivity contribution in [2.45, 2.75) is 18.9 Å². The van der Waals surface area contributed by atoms with E-state index in [1.165, 1.54) is 6.07 Å². The van der Waals surface area contributed by atoms with Crippen LogP contribution in [0.4, 0.5) is 30.6 Å². The molecule has 8 heteroatoms. The van der Waals surface area contributed by atoms with Crippen molar-refractivity contribution < 1.29 is 18.3 Å². The number of likely N-dealkylation sites (tertiary alicyclic amines) is 1. The zero-order valence-corrected chi connectivity index (χ0v) is 18.9. The number of halogens is 3. The number of methoxy groups -OCH3 is 1. The molecule has 4 rings (SSSR count). The number of ether oxygens (including phenoxy) is 1. The molecule has 1 fully saturated rings. The Balaban J connectivity index is 1.58. The first-order valence-corrected chi connectivity index (χ1v) is 11.0. The van der Waals surface area contributed by atoms with Crippen molar-refractivity contribution in [2.75, 3.05) is 30.4 Å². The minimum Gasteiger partial charge on any atom is -0.497 e. The minimum atomic E-state index is -0.536. The Hall–Kier alpha value is -3.32. The van der Waals surface area contributed by atoms with Crippen LogP contribution in [0.25, 0.3) is 0 Å². The fourth-order valence-electron chi connectivity index (χ4n) is 4.05. The first-order valence-electron chi connectivity index (χ1n) is 10.6. The SMILES string of the molecule is COc1ccc(NC(=O)N2CCCC(N(c3ccc(Cl)cc3)c3cc(F)ccc3F)C2)cc1. The van der Waals surface area contributed by atoms with Gasteiger partial charge in [0.2, 0.25) is 0 Å². The maximum Gasteiger partial charge on any atom is 0.321 e. The summed E-state index contributed by atoms with van der Waals surface area (Å²) in [5, 5.41) is 3.44. The molecule has 0 bridgehead atoms. The molecule has 2 amide bonds. The number of nitrogens with one attached hydrogen (secondary N) is 1. The molecule has 0 aliphatic carbocycles. The van der Waals surface area contributed by atoms with E-state index in [-0.39, 0.29) is 17.8 Å². The molecule has 1 aliphatic heterocycles. The van der Waals surface area contributed by atoms with E-state index in [0.717, 1.165) is 18.6 Å². The Morgan fingerprint density at radius 1 is 1.09 bits per heavy atom. The summed E-state index contributed by atoms with van der Waals surface area (Å²) < 4.78 is 34.0. The summed E-state index contributed by atoms with van der Waals surface area (Å²) in [5.74, 6) is -0.372. The molecule has 1 N–H and O–H groups in total. The van der Waals surface area contributed by atoms with Gasteiger partial charge in [-0.1, -0.05) is 11.6 Å². The van der Waals surface area contributed by atoms with E-state index < -0.39 is 11.6 Å². The minimum absolute atomic E-state index is 0.125. The second-order valence-electron chi connectivity index (χ2n) is 7.84. The van der Waals surface area contributed by atoms with Crippen molar-refractivity contribution in [3.05, 3.63) is 83.4 Å². The van der Waals surface area contributed by atoms with Crippen LogP contribution in [0.1, 0.15) is 12.8 Å². The lowest BCUT2D eigenvalue weighted by atomic mass is 10.0. The van der Waals surface area contributed by atoms with Crippen molar-refractivity contribution in [1.82, 2.24) is 4.90 Å². The third kappa shape index (κ3) is 5.37. The van der Waals surface area contributed by atoms with Gasteiger partial charge in [0.05, 0.1) is 18.8 Å².